The smallest absolute Gasteiger partial charge is 0.411 e. The highest BCUT2D eigenvalue weighted by atomic mass is 16.6. The summed E-state index contributed by atoms with van der Waals surface area (Å²) in [6, 6.07) is 21.0. The summed E-state index contributed by atoms with van der Waals surface area (Å²) in [5.41, 5.74) is 7.26. The van der Waals surface area contributed by atoms with Crippen LogP contribution in [0.4, 0.5) is 9.59 Å². The van der Waals surface area contributed by atoms with Gasteiger partial charge in [0.2, 0.25) is 5.91 Å². The Morgan fingerprint density at radius 3 is 1.84 bits per heavy atom. The Hall–Kier alpha value is -4.94. The number of nitrogens with zero attached hydrogens (tertiary/aromatic N) is 2. The van der Waals surface area contributed by atoms with Crippen molar-refractivity contribution >= 4 is 24.0 Å². The van der Waals surface area contributed by atoms with Crippen LogP contribution in [-0.4, -0.2) is 94.0 Å². The van der Waals surface area contributed by atoms with Gasteiger partial charge < -0.3 is 35.6 Å². The van der Waals surface area contributed by atoms with E-state index in [1.54, 1.807) is 97.2 Å². The molecule has 0 fully saturated rings. The number of ether oxygens (including phenoxy) is 2. The highest BCUT2D eigenvalue weighted by molar-refractivity contribution is 5.95. The summed E-state index contributed by atoms with van der Waals surface area (Å²) in [7, 11) is 3.22. The third kappa shape index (κ3) is 11.8. The molecule has 0 spiro atoms. The van der Waals surface area contributed by atoms with Crippen LogP contribution in [0.1, 0.15) is 61.7 Å². The van der Waals surface area contributed by atoms with Crippen molar-refractivity contribution in [1.29, 1.82) is 0 Å². The number of alkyl carbamates (subject to hydrolysis) is 1. The second kappa shape index (κ2) is 18.3. The lowest BCUT2D eigenvalue weighted by Gasteiger charge is -2.42. The Balaban J connectivity index is 2.10. The fourth-order valence-electron chi connectivity index (χ4n) is 5.84. The Morgan fingerprint density at radius 1 is 0.804 bits per heavy atom. The monoisotopic (exact) mass is 704 g/mol. The minimum atomic E-state index is -1.75. The molecule has 12 nitrogen and oxygen atoms in total. The van der Waals surface area contributed by atoms with Crippen LogP contribution in [0.25, 0.3) is 0 Å². The zero-order chi connectivity index (χ0) is 37.9. The molecular weight excluding hydrogens is 652 g/mol. The molecule has 0 bridgehead atoms. The lowest BCUT2D eigenvalue weighted by molar-refractivity contribution is -0.128. The second-order valence-corrected chi connectivity index (χ2v) is 14.1. The molecule has 0 aromatic heterocycles. The minimum absolute atomic E-state index is 0.0230. The van der Waals surface area contributed by atoms with Gasteiger partial charge in [0.25, 0.3) is 5.91 Å². The highest BCUT2D eigenvalue weighted by Gasteiger charge is 2.44. The number of carbonyl (C=O) groups is 4. The van der Waals surface area contributed by atoms with Crippen molar-refractivity contribution in [3.63, 3.8) is 0 Å². The summed E-state index contributed by atoms with van der Waals surface area (Å²) < 4.78 is 11.3. The topological polar surface area (TPSA) is 172 Å². The van der Waals surface area contributed by atoms with Crippen LogP contribution < -0.4 is 11.1 Å². The number of nitrogens with one attached hydrogen (secondary N) is 1. The number of amides is 4. The van der Waals surface area contributed by atoms with Crippen LogP contribution >= 0.6 is 0 Å². The molecular formula is C39H52N4O8. The second-order valence-electron chi connectivity index (χ2n) is 14.1. The van der Waals surface area contributed by atoms with Crippen molar-refractivity contribution in [3.8, 4) is 0 Å². The number of primary amides is 1. The van der Waals surface area contributed by atoms with E-state index in [1.807, 2.05) is 36.4 Å². The van der Waals surface area contributed by atoms with Gasteiger partial charge in [-0.05, 0) is 56.7 Å². The molecule has 0 aliphatic carbocycles. The van der Waals surface area contributed by atoms with Gasteiger partial charge in [-0.2, -0.15) is 0 Å². The SMILES string of the molecule is CC(C)[C@@H](C(N)=O)N(C(=O)OCc1ccccc1C(=O)N(C)C)[C@H](Cc1ccccc1)[C@H](O)[C@H](O)[C@H](Cc1ccccc1)NC(=O)OC(C)(C)C. The molecule has 276 valence electrons. The van der Waals surface area contributed by atoms with Gasteiger partial charge in [0.05, 0.1) is 12.1 Å². The summed E-state index contributed by atoms with van der Waals surface area (Å²) in [5.74, 6) is -1.68. The maximum absolute atomic E-state index is 14.3. The molecule has 0 unspecified atom stereocenters. The number of benzene rings is 3. The van der Waals surface area contributed by atoms with E-state index in [-0.39, 0.29) is 25.4 Å². The average molecular weight is 705 g/mol. The number of rotatable bonds is 15. The minimum Gasteiger partial charge on any atom is -0.444 e. The zero-order valence-electron chi connectivity index (χ0n) is 30.5. The fourth-order valence-corrected chi connectivity index (χ4v) is 5.84. The summed E-state index contributed by atoms with van der Waals surface area (Å²) in [6.07, 6.45) is -5.16. The summed E-state index contributed by atoms with van der Waals surface area (Å²) >= 11 is 0. The molecule has 0 aliphatic rings. The molecule has 3 aromatic carbocycles. The van der Waals surface area contributed by atoms with Crippen molar-refractivity contribution in [2.45, 2.75) is 90.0 Å². The molecule has 0 heterocycles. The van der Waals surface area contributed by atoms with E-state index in [2.05, 4.69) is 5.32 Å². The Morgan fingerprint density at radius 2 is 1.33 bits per heavy atom. The van der Waals surface area contributed by atoms with Gasteiger partial charge in [-0.25, -0.2) is 9.59 Å². The molecule has 4 amide bonds. The predicted molar refractivity (Wildman–Crippen MR) is 194 cm³/mol. The lowest BCUT2D eigenvalue weighted by atomic mass is 9.88. The van der Waals surface area contributed by atoms with Gasteiger partial charge in [-0.15, -0.1) is 0 Å². The third-order valence-electron chi connectivity index (χ3n) is 8.24. The van der Waals surface area contributed by atoms with E-state index in [1.165, 1.54) is 4.90 Å². The first-order valence-electron chi connectivity index (χ1n) is 17.0. The van der Waals surface area contributed by atoms with E-state index in [9.17, 15) is 29.4 Å². The fraction of sp³-hybridized carbons (Fsp3) is 0.436. The number of nitrogens with two attached hydrogens (primary N) is 1. The van der Waals surface area contributed by atoms with Gasteiger partial charge in [0.1, 0.15) is 30.5 Å². The van der Waals surface area contributed by atoms with Crippen molar-refractivity contribution in [1.82, 2.24) is 15.1 Å². The highest BCUT2D eigenvalue weighted by Crippen LogP contribution is 2.26. The van der Waals surface area contributed by atoms with Crippen LogP contribution in [0.5, 0.6) is 0 Å². The zero-order valence-corrected chi connectivity index (χ0v) is 30.5. The van der Waals surface area contributed by atoms with Crippen LogP contribution in [0.2, 0.25) is 0 Å². The van der Waals surface area contributed by atoms with Gasteiger partial charge in [0.15, 0.2) is 0 Å². The van der Waals surface area contributed by atoms with Gasteiger partial charge >= 0.3 is 12.2 Å². The van der Waals surface area contributed by atoms with Gasteiger partial charge in [-0.3, -0.25) is 14.5 Å². The molecule has 3 aromatic rings. The van der Waals surface area contributed by atoms with Crippen LogP contribution in [-0.2, 0) is 33.7 Å². The van der Waals surface area contributed by atoms with E-state index in [0.29, 0.717) is 16.7 Å². The average Bonchev–Trinajstić information content (AvgIpc) is 3.07. The van der Waals surface area contributed by atoms with Crippen LogP contribution in [0, 0.1) is 5.92 Å². The maximum Gasteiger partial charge on any atom is 0.411 e. The number of aliphatic hydroxyl groups excluding tert-OH is 2. The molecule has 5 atom stereocenters. The molecule has 12 heteroatoms. The molecule has 0 saturated heterocycles. The van der Waals surface area contributed by atoms with Crippen molar-refractivity contribution < 1.29 is 38.9 Å². The standard InChI is InChI=1S/C39H52N4O8/c1-25(2)32(35(40)46)43(38(49)50-24-28-20-14-15-21-29(28)36(47)42(6)7)31(23-27-18-12-9-13-19-27)34(45)33(44)30(22-26-16-10-8-11-17-26)41-37(48)51-39(3,4)5/h8-21,25,30-34,44-45H,22-24H2,1-7H3,(H2,40,46)(H,41,48)/t30-,31+,32-,33+,34-/m0/s1. The predicted octanol–water partition coefficient (Wildman–Crippen LogP) is 4.31. The van der Waals surface area contributed by atoms with E-state index < -0.39 is 59.9 Å². The number of carbonyl (C=O) groups excluding carboxylic acids is 4. The van der Waals surface area contributed by atoms with Crippen LogP contribution in [0.3, 0.4) is 0 Å². The normalized spacial score (nSPS) is 14.4. The quantitative estimate of drug-likeness (QED) is 0.181. The van der Waals surface area contributed by atoms with Crippen molar-refractivity contribution in [2.75, 3.05) is 14.1 Å². The summed E-state index contributed by atoms with van der Waals surface area (Å²) in [5, 5.41) is 26.8. The Labute approximate surface area is 300 Å². The Bertz CT molecular complexity index is 1590. The summed E-state index contributed by atoms with van der Waals surface area (Å²) in [4.78, 5) is 55.7. The number of aliphatic hydroxyl groups is 2. The molecule has 0 radical (unpaired) electrons. The first-order valence-corrected chi connectivity index (χ1v) is 17.0. The van der Waals surface area contributed by atoms with E-state index in [0.717, 1.165) is 10.5 Å². The van der Waals surface area contributed by atoms with Gasteiger partial charge in [-0.1, -0.05) is 92.7 Å². The molecule has 5 N–H and O–H groups in total. The van der Waals surface area contributed by atoms with Crippen molar-refractivity contribution in [3.05, 3.63) is 107 Å². The molecule has 0 saturated carbocycles. The summed E-state index contributed by atoms with van der Waals surface area (Å²) in [6.45, 7) is 8.18. The maximum atomic E-state index is 14.3. The first-order chi connectivity index (χ1) is 24.0. The number of hydrogen-bond donors (Lipinski definition) is 4. The van der Waals surface area contributed by atoms with E-state index in [4.69, 9.17) is 15.2 Å². The third-order valence-corrected chi connectivity index (χ3v) is 8.24. The Kier molecular flexibility index (Phi) is 14.6. The molecule has 3 rings (SSSR count). The largest absolute Gasteiger partial charge is 0.444 e. The van der Waals surface area contributed by atoms with Crippen LogP contribution in [0.15, 0.2) is 84.9 Å². The molecule has 51 heavy (non-hydrogen) atoms. The van der Waals surface area contributed by atoms with Crippen molar-refractivity contribution in [2.24, 2.45) is 11.7 Å². The lowest BCUT2D eigenvalue weighted by Crippen LogP contribution is -2.63. The van der Waals surface area contributed by atoms with Gasteiger partial charge in [0, 0.05) is 25.2 Å². The van der Waals surface area contributed by atoms with E-state index >= 15 is 0 Å². The molecule has 0 aliphatic heterocycles. The first kappa shape index (κ1) is 40.5. The number of hydrogen-bond acceptors (Lipinski definition) is 8.